The summed E-state index contributed by atoms with van der Waals surface area (Å²) in [6.45, 7) is 10.1. The molecule has 1 aromatic carbocycles. The molecule has 2 N–H and O–H groups in total. The quantitative estimate of drug-likeness (QED) is 0.392. The summed E-state index contributed by atoms with van der Waals surface area (Å²) in [6.07, 6.45) is 4.80. The maximum Gasteiger partial charge on any atom is 0.191 e. The summed E-state index contributed by atoms with van der Waals surface area (Å²) in [5.74, 6) is 0.861. The highest BCUT2D eigenvalue weighted by Crippen LogP contribution is 2.10. The Morgan fingerprint density at radius 1 is 1.14 bits per heavy atom. The van der Waals surface area contributed by atoms with Crippen LogP contribution >= 0.6 is 0 Å². The fourth-order valence-corrected chi connectivity index (χ4v) is 3.16. The number of nitrogens with one attached hydrogen (secondary N) is 2. The Labute approximate surface area is 167 Å². The molecule has 0 atom stereocenters. The summed E-state index contributed by atoms with van der Waals surface area (Å²) >= 11 is 0. The van der Waals surface area contributed by atoms with Crippen molar-refractivity contribution < 1.29 is 4.74 Å². The minimum absolute atomic E-state index is 0.673. The molecule has 1 aliphatic heterocycles. The van der Waals surface area contributed by atoms with E-state index in [0.717, 1.165) is 64.9 Å². The van der Waals surface area contributed by atoms with E-state index in [-0.39, 0.29) is 0 Å². The van der Waals surface area contributed by atoms with Gasteiger partial charge in [-0.1, -0.05) is 24.3 Å². The maximum atomic E-state index is 5.41. The van der Waals surface area contributed by atoms with Gasteiger partial charge in [0.05, 0.1) is 19.8 Å². The Kier molecular flexibility index (Phi) is 8.33. The van der Waals surface area contributed by atoms with Crippen molar-refractivity contribution in [2.24, 2.45) is 4.99 Å². The lowest BCUT2D eigenvalue weighted by Crippen LogP contribution is -2.38. The number of aryl methyl sites for hydroxylation is 1. The molecule has 3 rings (SSSR count). The average Bonchev–Trinajstić information content (AvgIpc) is 3.25. The predicted molar refractivity (Wildman–Crippen MR) is 112 cm³/mol. The van der Waals surface area contributed by atoms with Crippen molar-refractivity contribution in [2.75, 3.05) is 39.4 Å². The Bertz CT molecular complexity index is 692. The van der Waals surface area contributed by atoms with Gasteiger partial charge >= 0.3 is 0 Å². The Balaban J connectivity index is 1.43. The molecule has 0 saturated carbocycles. The van der Waals surface area contributed by atoms with E-state index >= 15 is 0 Å². The number of nitrogens with zero attached hydrogens (tertiary/aromatic N) is 4. The van der Waals surface area contributed by atoms with E-state index in [0.29, 0.717) is 6.54 Å². The molecule has 2 aromatic rings. The van der Waals surface area contributed by atoms with Crippen LogP contribution in [0.15, 0.2) is 47.7 Å². The fraction of sp³-hybridized carbons (Fsp3) is 0.524. The molecule has 7 heteroatoms. The molecule has 152 valence electrons. The Morgan fingerprint density at radius 2 is 1.93 bits per heavy atom. The first-order valence-corrected chi connectivity index (χ1v) is 10.2. The number of aliphatic imine (C=N–C) groups is 1. The highest BCUT2D eigenvalue weighted by molar-refractivity contribution is 5.79. The van der Waals surface area contributed by atoms with Gasteiger partial charge in [0.2, 0.25) is 0 Å². The second kappa shape index (κ2) is 11.5. The Morgan fingerprint density at radius 3 is 2.64 bits per heavy atom. The zero-order chi connectivity index (χ0) is 19.4. The third kappa shape index (κ3) is 6.98. The number of ether oxygens (including phenoxy) is 1. The van der Waals surface area contributed by atoms with Crippen LogP contribution in [0.25, 0.3) is 0 Å². The number of guanidine groups is 1. The average molecular weight is 385 g/mol. The monoisotopic (exact) mass is 384 g/mol. The molecule has 0 amide bonds. The lowest BCUT2D eigenvalue weighted by Gasteiger charge is -2.26. The summed E-state index contributed by atoms with van der Waals surface area (Å²) in [4.78, 5) is 7.15. The normalized spacial score (nSPS) is 15.5. The largest absolute Gasteiger partial charge is 0.379 e. The second-order valence-electron chi connectivity index (χ2n) is 6.95. The summed E-state index contributed by atoms with van der Waals surface area (Å²) < 4.78 is 7.36. The van der Waals surface area contributed by atoms with Gasteiger partial charge in [0.15, 0.2) is 5.96 Å². The molecule has 1 aromatic heterocycles. The van der Waals surface area contributed by atoms with Gasteiger partial charge in [-0.3, -0.25) is 9.58 Å². The first kappa shape index (κ1) is 20.4. The van der Waals surface area contributed by atoms with Crippen LogP contribution < -0.4 is 10.6 Å². The van der Waals surface area contributed by atoms with Crippen LogP contribution in [0, 0.1) is 0 Å². The molecule has 1 aliphatic rings. The van der Waals surface area contributed by atoms with E-state index in [1.54, 1.807) is 0 Å². The standard InChI is InChI=1S/C21H32N6O/c1-2-22-21(23-9-3-11-27-12-4-10-25-27)24-17-19-5-7-20(8-6-19)18-26-13-15-28-16-14-26/h4-8,10,12H,2-3,9,11,13-18H2,1H3,(H2,22,23,24). The van der Waals surface area contributed by atoms with Crippen molar-refractivity contribution in [3.8, 4) is 0 Å². The predicted octanol–water partition coefficient (Wildman–Crippen LogP) is 1.86. The van der Waals surface area contributed by atoms with Crippen LogP contribution in [-0.4, -0.2) is 60.0 Å². The fourth-order valence-electron chi connectivity index (χ4n) is 3.16. The third-order valence-electron chi connectivity index (χ3n) is 4.71. The highest BCUT2D eigenvalue weighted by atomic mass is 16.5. The number of morpholine rings is 1. The SMILES string of the molecule is CCNC(=NCc1ccc(CN2CCOCC2)cc1)NCCCn1cccn1. The summed E-state index contributed by atoms with van der Waals surface area (Å²) in [5, 5.41) is 10.9. The number of hydrogen-bond acceptors (Lipinski definition) is 4. The van der Waals surface area contributed by atoms with E-state index in [4.69, 9.17) is 9.73 Å². The van der Waals surface area contributed by atoms with E-state index in [1.807, 2.05) is 23.1 Å². The summed E-state index contributed by atoms with van der Waals surface area (Å²) in [7, 11) is 0. The topological polar surface area (TPSA) is 66.7 Å². The molecule has 0 aliphatic carbocycles. The van der Waals surface area contributed by atoms with Gasteiger partial charge in [0, 0.05) is 51.7 Å². The first-order valence-electron chi connectivity index (χ1n) is 10.2. The van der Waals surface area contributed by atoms with Crippen molar-refractivity contribution in [2.45, 2.75) is 33.0 Å². The molecule has 1 fully saturated rings. The van der Waals surface area contributed by atoms with Gasteiger partial charge in [-0.05, 0) is 30.5 Å². The Hall–Kier alpha value is -2.38. The van der Waals surface area contributed by atoms with E-state index < -0.39 is 0 Å². The molecule has 28 heavy (non-hydrogen) atoms. The second-order valence-corrected chi connectivity index (χ2v) is 6.95. The molecule has 0 radical (unpaired) electrons. The van der Waals surface area contributed by atoms with Gasteiger partial charge in [0.1, 0.15) is 0 Å². The molecule has 0 spiro atoms. The molecular formula is C21H32N6O. The van der Waals surface area contributed by atoms with Gasteiger partial charge in [-0.2, -0.15) is 5.10 Å². The zero-order valence-corrected chi connectivity index (χ0v) is 16.8. The molecule has 1 saturated heterocycles. The van der Waals surface area contributed by atoms with Crippen molar-refractivity contribution >= 4 is 5.96 Å². The lowest BCUT2D eigenvalue weighted by atomic mass is 10.1. The molecule has 0 unspecified atom stereocenters. The van der Waals surface area contributed by atoms with Crippen LogP contribution in [0.1, 0.15) is 24.5 Å². The van der Waals surface area contributed by atoms with Crippen molar-refractivity contribution in [3.63, 3.8) is 0 Å². The number of rotatable bonds is 9. The van der Waals surface area contributed by atoms with Crippen LogP contribution in [0.4, 0.5) is 0 Å². The molecule has 7 nitrogen and oxygen atoms in total. The van der Waals surface area contributed by atoms with E-state index in [1.165, 1.54) is 11.1 Å². The van der Waals surface area contributed by atoms with Crippen LogP contribution in [0.3, 0.4) is 0 Å². The van der Waals surface area contributed by atoms with Crippen LogP contribution in [0.2, 0.25) is 0 Å². The number of benzene rings is 1. The van der Waals surface area contributed by atoms with Gasteiger partial charge in [0.25, 0.3) is 0 Å². The van der Waals surface area contributed by atoms with Crippen molar-refractivity contribution in [1.29, 1.82) is 0 Å². The molecule has 0 bridgehead atoms. The van der Waals surface area contributed by atoms with Gasteiger partial charge in [-0.15, -0.1) is 0 Å². The zero-order valence-electron chi connectivity index (χ0n) is 16.8. The van der Waals surface area contributed by atoms with Crippen molar-refractivity contribution in [1.82, 2.24) is 25.3 Å². The van der Waals surface area contributed by atoms with Crippen LogP contribution in [0.5, 0.6) is 0 Å². The maximum absolute atomic E-state index is 5.41. The lowest BCUT2D eigenvalue weighted by molar-refractivity contribution is 0.0342. The summed E-state index contributed by atoms with van der Waals surface area (Å²) in [5.41, 5.74) is 2.57. The van der Waals surface area contributed by atoms with Gasteiger partial charge < -0.3 is 15.4 Å². The van der Waals surface area contributed by atoms with Gasteiger partial charge in [-0.25, -0.2) is 4.99 Å². The smallest absolute Gasteiger partial charge is 0.191 e. The van der Waals surface area contributed by atoms with Crippen LogP contribution in [-0.2, 0) is 24.4 Å². The number of hydrogen-bond donors (Lipinski definition) is 2. The minimum Gasteiger partial charge on any atom is -0.379 e. The van der Waals surface area contributed by atoms with E-state index in [2.05, 4.69) is 51.8 Å². The van der Waals surface area contributed by atoms with E-state index in [9.17, 15) is 0 Å². The molecule has 2 heterocycles. The minimum atomic E-state index is 0.673. The first-order chi connectivity index (χ1) is 13.8. The number of aromatic nitrogens is 2. The third-order valence-corrected chi connectivity index (χ3v) is 4.71. The molecular weight excluding hydrogens is 352 g/mol. The highest BCUT2D eigenvalue weighted by Gasteiger charge is 2.10. The summed E-state index contributed by atoms with van der Waals surface area (Å²) in [6, 6.07) is 10.7. The van der Waals surface area contributed by atoms with Crippen molar-refractivity contribution in [3.05, 3.63) is 53.9 Å².